The van der Waals surface area contributed by atoms with E-state index in [2.05, 4.69) is 16.9 Å². The van der Waals surface area contributed by atoms with Crippen LogP contribution in [0.25, 0.3) is 0 Å². The number of nitrogens with one attached hydrogen (secondary N) is 1. The van der Waals surface area contributed by atoms with Crippen molar-refractivity contribution < 1.29 is 8.42 Å². The molecule has 0 unspecified atom stereocenters. The zero-order valence-corrected chi connectivity index (χ0v) is 10.4. The summed E-state index contributed by atoms with van der Waals surface area (Å²) < 4.78 is 25.3. The SMILES string of the molecule is CSC1(CNS(=O)(=O)CC(N)=S)CC1. The topological polar surface area (TPSA) is 72.2 Å². The van der Waals surface area contributed by atoms with Crippen LogP contribution in [0.4, 0.5) is 0 Å². The molecule has 1 aliphatic rings. The van der Waals surface area contributed by atoms with Gasteiger partial charge >= 0.3 is 0 Å². The second kappa shape index (κ2) is 4.34. The van der Waals surface area contributed by atoms with Gasteiger partial charge in [0, 0.05) is 11.3 Å². The van der Waals surface area contributed by atoms with Gasteiger partial charge in [-0.05, 0) is 19.1 Å². The van der Waals surface area contributed by atoms with Gasteiger partial charge < -0.3 is 5.73 Å². The summed E-state index contributed by atoms with van der Waals surface area (Å²) in [4.78, 5) is 0.00602. The molecule has 0 heterocycles. The van der Waals surface area contributed by atoms with Gasteiger partial charge in [0.25, 0.3) is 0 Å². The first-order valence-corrected chi connectivity index (χ1v) is 7.48. The zero-order valence-electron chi connectivity index (χ0n) is 7.95. The summed E-state index contributed by atoms with van der Waals surface area (Å²) in [6.07, 6.45) is 4.14. The van der Waals surface area contributed by atoms with Crippen LogP contribution in [-0.2, 0) is 10.0 Å². The second-order valence-corrected chi connectivity index (χ2v) is 7.04. The average molecular weight is 254 g/mol. The Bertz CT molecular complexity index is 322. The van der Waals surface area contributed by atoms with Crippen LogP contribution in [0.1, 0.15) is 12.8 Å². The molecule has 1 aliphatic carbocycles. The minimum Gasteiger partial charge on any atom is -0.392 e. The monoisotopic (exact) mass is 254 g/mol. The molecule has 0 aromatic heterocycles. The van der Waals surface area contributed by atoms with Crippen LogP contribution in [0.5, 0.6) is 0 Å². The molecule has 0 amide bonds. The van der Waals surface area contributed by atoms with Crippen LogP contribution in [-0.4, -0.2) is 36.7 Å². The fourth-order valence-electron chi connectivity index (χ4n) is 1.07. The molecule has 1 saturated carbocycles. The highest BCUT2D eigenvalue weighted by molar-refractivity contribution is 8.00. The zero-order chi connectivity index (χ0) is 10.8. The summed E-state index contributed by atoms with van der Waals surface area (Å²) in [6.45, 7) is 0.485. The minimum atomic E-state index is -3.31. The normalized spacial score (nSPS) is 19.2. The van der Waals surface area contributed by atoms with Gasteiger partial charge in [0.05, 0.1) is 4.99 Å². The van der Waals surface area contributed by atoms with E-state index in [4.69, 9.17) is 5.73 Å². The smallest absolute Gasteiger partial charge is 0.218 e. The van der Waals surface area contributed by atoms with E-state index in [1.165, 1.54) is 0 Å². The Labute approximate surface area is 94.1 Å². The fourth-order valence-corrected chi connectivity index (χ4v) is 3.33. The van der Waals surface area contributed by atoms with E-state index in [9.17, 15) is 8.42 Å². The van der Waals surface area contributed by atoms with Gasteiger partial charge in [0.1, 0.15) is 5.75 Å². The van der Waals surface area contributed by atoms with E-state index in [0.29, 0.717) is 6.54 Å². The Balaban J connectivity index is 2.40. The van der Waals surface area contributed by atoms with Crippen LogP contribution >= 0.6 is 24.0 Å². The first-order chi connectivity index (χ1) is 6.39. The Morgan fingerprint density at radius 2 is 2.21 bits per heavy atom. The molecule has 0 atom stereocenters. The van der Waals surface area contributed by atoms with Crippen LogP contribution < -0.4 is 10.5 Å². The standard InChI is InChI=1S/C7H14N2O2S3/c1-13-7(2-3-7)5-9-14(10,11)4-6(8)12/h9H,2-5H2,1H3,(H2,8,12). The third kappa shape index (κ3) is 3.72. The minimum absolute atomic E-state index is 0.00602. The summed E-state index contributed by atoms with van der Waals surface area (Å²) >= 11 is 6.26. The number of thiocarbonyl (C=S) groups is 1. The molecule has 4 nitrogen and oxygen atoms in total. The molecule has 0 radical (unpaired) electrons. The lowest BCUT2D eigenvalue weighted by molar-refractivity contribution is 0.584. The van der Waals surface area contributed by atoms with Crippen LogP contribution in [0.3, 0.4) is 0 Å². The highest BCUT2D eigenvalue weighted by Crippen LogP contribution is 2.46. The molecule has 0 spiro atoms. The quantitative estimate of drug-likeness (QED) is 0.657. The van der Waals surface area contributed by atoms with E-state index in [1.807, 2.05) is 6.26 Å². The lowest BCUT2D eigenvalue weighted by atomic mass is 10.4. The van der Waals surface area contributed by atoms with E-state index < -0.39 is 10.0 Å². The highest BCUT2D eigenvalue weighted by atomic mass is 32.2. The summed E-state index contributed by atoms with van der Waals surface area (Å²) in [5.74, 6) is -0.257. The third-order valence-electron chi connectivity index (χ3n) is 2.19. The van der Waals surface area contributed by atoms with E-state index >= 15 is 0 Å². The van der Waals surface area contributed by atoms with E-state index in [-0.39, 0.29) is 15.5 Å². The van der Waals surface area contributed by atoms with Gasteiger partial charge in [-0.15, -0.1) is 0 Å². The Morgan fingerprint density at radius 3 is 2.57 bits per heavy atom. The molecule has 0 aliphatic heterocycles. The lowest BCUT2D eigenvalue weighted by Crippen LogP contribution is -2.36. The van der Waals surface area contributed by atoms with Crippen molar-refractivity contribution in [1.82, 2.24) is 4.72 Å². The highest BCUT2D eigenvalue weighted by Gasteiger charge is 2.42. The van der Waals surface area contributed by atoms with Crippen LogP contribution in [0.15, 0.2) is 0 Å². The maximum absolute atomic E-state index is 11.3. The van der Waals surface area contributed by atoms with Crippen molar-refractivity contribution in [3.05, 3.63) is 0 Å². The molecule has 0 aromatic rings. The summed E-state index contributed by atoms with van der Waals surface area (Å²) in [6, 6.07) is 0. The van der Waals surface area contributed by atoms with Crippen molar-refractivity contribution in [3.8, 4) is 0 Å². The number of thioether (sulfide) groups is 1. The number of nitrogens with two attached hydrogens (primary N) is 1. The lowest BCUT2D eigenvalue weighted by Gasteiger charge is -2.12. The molecular formula is C7H14N2O2S3. The molecular weight excluding hydrogens is 240 g/mol. The largest absolute Gasteiger partial charge is 0.392 e. The van der Waals surface area contributed by atoms with Gasteiger partial charge in [-0.25, -0.2) is 13.1 Å². The molecule has 14 heavy (non-hydrogen) atoms. The molecule has 7 heteroatoms. The summed E-state index contributed by atoms with van der Waals surface area (Å²) in [5, 5.41) is 0. The molecule has 0 saturated heterocycles. The number of sulfonamides is 1. The van der Waals surface area contributed by atoms with Gasteiger partial charge in [-0.3, -0.25) is 0 Å². The van der Waals surface area contributed by atoms with Crippen molar-refractivity contribution >= 4 is 39.0 Å². The van der Waals surface area contributed by atoms with Gasteiger partial charge in [0.2, 0.25) is 10.0 Å². The van der Waals surface area contributed by atoms with Crippen molar-refractivity contribution in [2.75, 3.05) is 18.6 Å². The van der Waals surface area contributed by atoms with Gasteiger partial charge in [0.15, 0.2) is 0 Å². The van der Waals surface area contributed by atoms with Crippen LogP contribution in [0, 0.1) is 0 Å². The third-order valence-corrected chi connectivity index (χ3v) is 5.21. The maximum atomic E-state index is 11.3. The predicted molar refractivity (Wildman–Crippen MR) is 64.1 cm³/mol. The van der Waals surface area contributed by atoms with Crippen molar-refractivity contribution in [2.24, 2.45) is 5.73 Å². The van der Waals surface area contributed by atoms with E-state index in [0.717, 1.165) is 12.8 Å². The van der Waals surface area contributed by atoms with Gasteiger partial charge in [-0.1, -0.05) is 12.2 Å². The number of hydrogen-bond acceptors (Lipinski definition) is 4. The summed E-state index contributed by atoms with van der Waals surface area (Å²) in [5.41, 5.74) is 5.17. The average Bonchev–Trinajstić information content (AvgIpc) is 2.79. The van der Waals surface area contributed by atoms with Gasteiger partial charge in [-0.2, -0.15) is 11.8 Å². The van der Waals surface area contributed by atoms with Crippen molar-refractivity contribution in [3.63, 3.8) is 0 Å². The molecule has 1 fully saturated rings. The Kier molecular flexibility index (Phi) is 3.79. The second-order valence-electron chi connectivity index (χ2n) is 3.43. The summed E-state index contributed by atoms with van der Waals surface area (Å²) in [7, 11) is -3.31. The van der Waals surface area contributed by atoms with Crippen molar-refractivity contribution in [2.45, 2.75) is 17.6 Å². The van der Waals surface area contributed by atoms with Crippen molar-refractivity contribution in [1.29, 1.82) is 0 Å². The number of rotatable bonds is 6. The Morgan fingerprint density at radius 1 is 1.64 bits per heavy atom. The molecule has 0 bridgehead atoms. The van der Waals surface area contributed by atoms with E-state index in [1.54, 1.807) is 11.8 Å². The molecule has 3 N–H and O–H groups in total. The Hall–Kier alpha value is 0.150. The molecule has 82 valence electrons. The first-order valence-electron chi connectivity index (χ1n) is 4.20. The molecule has 0 aromatic carbocycles. The number of hydrogen-bond donors (Lipinski definition) is 2. The first kappa shape index (κ1) is 12.2. The maximum Gasteiger partial charge on any atom is 0.218 e. The molecule has 1 rings (SSSR count). The predicted octanol–water partition coefficient (Wildman–Crippen LogP) is 0.0875. The van der Waals surface area contributed by atoms with Crippen LogP contribution in [0.2, 0.25) is 0 Å². The fraction of sp³-hybridized carbons (Fsp3) is 0.857.